The van der Waals surface area contributed by atoms with Crippen molar-refractivity contribution < 1.29 is 4.79 Å². The Labute approximate surface area is 140 Å². The predicted molar refractivity (Wildman–Crippen MR) is 93.1 cm³/mol. The first kappa shape index (κ1) is 15.7. The van der Waals surface area contributed by atoms with E-state index >= 15 is 0 Å². The maximum atomic E-state index is 12.5. The third-order valence-corrected chi connectivity index (χ3v) is 3.69. The second kappa shape index (κ2) is 6.95. The van der Waals surface area contributed by atoms with E-state index < -0.39 is 0 Å². The van der Waals surface area contributed by atoms with Crippen LogP contribution in [0.3, 0.4) is 0 Å². The molecule has 2 aromatic heterocycles. The van der Waals surface area contributed by atoms with E-state index in [2.05, 4.69) is 20.6 Å². The molecular weight excluding hydrogens is 302 g/mol. The summed E-state index contributed by atoms with van der Waals surface area (Å²) in [7, 11) is 1.91. The molecule has 0 fully saturated rings. The largest absolute Gasteiger partial charge is 0.355 e. The lowest BCUT2D eigenvalue weighted by molar-refractivity contribution is 0.0938. The number of benzene rings is 1. The van der Waals surface area contributed by atoms with E-state index in [-0.39, 0.29) is 11.9 Å². The fraction of sp³-hybridized carbons (Fsp3) is 0.167. The molecule has 2 heterocycles. The van der Waals surface area contributed by atoms with Crippen LogP contribution in [0, 0.1) is 0 Å². The number of amides is 1. The van der Waals surface area contributed by atoms with Crippen LogP contribution in [0.1, 0.15) is 29.1 Å². The number of nitrogens with one attached hydrogen (secondary N) is 2. The number of nitrogens with zero attached hydrogens (tertiary/aromatic N) is 3. The minimum absolute atomic E-state index is 0.135. The molecule has 3 rings (SSSR count). The Bertz CT molecular complexity index is 828. The minimum atomic E-state index is -0.172. The molecule has 0 saturated heterocycles. The number of pyridine rings is 1. The average Bonchev–Trinajstić information content (AvgIpc) is 3.02. The maximum Gasteiger partial charge on any atom is 0.251 e. The van der Waals surface area contributed by atoms with Crippen LogP contribution >= 0.6 is 0 Å². The van der Waals surface area contributed by atoms with Crippen LogP contribution in [0.4, 0.5) is 11.4 Å². The number of anilines is 2. The summed E-state index contributed by atoms with van der Waals surface area (Å²) in [5.74, 6) is 0.679. The van der Waals surface area contributed by atoms with Gasteiger partial charge in [0.1, 0.15) is 5.82 Å². The first-order valence-electron chi connectivity index (χ1n) is 7.68. The van der Waals surface area contributed by atoms with Gasteiger partial charge in [-0.2, -0.15) is 0 Å². The standard InChI is InChI=1S/C18H19N5O/c1-13(17-20-10-11-23(17)2)21-18(24)14-4-3-5-16(12-14)22-15-6-8-19-9-7-15/h3-13H,1-2H3,(H,19,22)(H,21,24). The zero-order valence-electron chi connectivity index (χ0n) is 13.6. The van der Waals surface area contributed by atoms with Gasteiger partial charge in [-0.3, -0.25) is 9.78 Å². The summed E-state index contributed by atoms with van der Waals surface area (Å²) in [6.45, 7) is 1.92. The number of aryl methyl sites for hydroxylation is 1. The molecule has 6 nitrogen and oxygen atoms in total. The number of rotatable bonds is 5. The molecule has 0 saturated carbocycles. The van der Waals surface area contributed by atoms with E-state index in [9.17, 15) is 4.79 Å². The van der Waals surface area contributed by atoms with E-state index in [0.29, 0.717) is 5.56 Å². The summed E-state index contributed by atoms with van der Waals surface area (Å²) in [5.41, 5.74) is 2.36. The Hall–Kier alpha value is -3.15. The smallest absolute Gasteiger partial charge is 0.251 e. The van der Waals surface area contributed by atoms with E-state index in [1.54, 1.807) is 24.7 Å². The Morgan fingerprint density at radius 2 is 1.92 bits per heavy atom. The van der Waals surface area contributed by atoms with Crippen LogP contribution in [0.25, 0.3) is 0 Å². The van der Waals surface area contributed by atoms with Gasteiger partial charge >= 0.3 is 0 Å². The van der Waals surface area contributed by atoms with Crippen molar-refractivity contribution in [2.75, 3.05) is 5.32 Å². The first-order valence-corrected chi connectivity index (χ1v) is 7.68. The molecule has 0 aliphatic carbocycles. The molecule has 24 heavy (non-hydrogen) atoms. The van der Waals surface area contributed by atoms with Crippen LogP contribution in [0.15, 0.2) is 61.2 Å². The highest BCUT2D eigenvalue weighted by Gasteiger charge is 2.14. The van der Waals surface area contributed by atoms with E-state index in [1.807, 2.05) is 55.1 Å². The summed E-state index contributed by atoms with van der Waals surface area (Å²) in [6.07, 6.45) is 7.01. The van der Waals surface area contributed by atoms with Crippen molar-refractivity contribution in [1.29, 1.82) is 0 Å². The van der Waals surface area contributed by atoms with Crippen molar-refractivity contribution in [3.63, 3.8) is 0 Å². The van der Waals surface area contributed by atoms with Gasteiger partial charge in [0, 0.05) is 48.8 Å². The SMILES string of the molecule is CC(NC(=O)c1cccc(Nc2ccncc2)c1)c1nccn1C. The number of imidazole rings is 1. The Morgan fingerprint density at radius 3 is 2.62 bits per heavy atom. The zero-order chi connectivity index (χ0) is 16.9. The summed E-state index contributed by atoms with van der Waals surface area (Å²) in [4.78, 5) is 20.7. The van der Waals surface area contributed by atoms with Gasteiger partial charge in [-0.1, -0.05) is 6.07 Å². The molecule has 1 unspecified atom stereocenters. The Morgan fingerprint density at radius 1 is 1.12 bits per heavy atom. The molecule has 0 aliphatic heterocycles. The Kier molecular flexibility index (Phi) is 4.56. The maximum absolute atomic E-state index is 12.5. The molecular formula is C18H19N5O. The fourth-order valence-electron chi connectivity index (χ4n) is 2.48. The lowest BCUT2D eigenvalue weighted by Gasteiger charge is -2.14. The number of carbonyl (C=O) groups excluding carboxylic acids is 1. The normalized spacial score (nSPS) is 11.8. The molecule has 122 valence electrons. The summed E-state index contributed by atoms with van der Waals surface area (Å²) in [6, 6.07) is 10.9. The van der Waals surface area contributed by atoms with Crippen LogP contribution in [-0.2, 0) is 7.05 Å². The summed E-state index contributed by atoms with van der Waals surface area (Å²) < 4.78 is 1.90. The van der Waals surface area contributed by atoms with Crippen LogP contribution in [-0.4, -0.2) is 20.4 Å². The monoisotopic (exact) mass is 321 g/mol. The van der Waals surface area contributed by atoms with Gasteiger partial charge in [0.2, 0.25) is 0 Å². The number of hydrogen-bond acceptors (Lipinski definition) is 4. The molecule has 1 aromatic carbocycles. The number of carbonyl (C=O) groups is 1. The quantitative estimate of drug-likeness (QED) is 0.757. The third-order valence-electron chi connectivity index (χ3n) is 3.69. The van der Waals surface area contributed by atoms with Crippen LogP contribution in [0.2, 0.25) is 0 Å². The molecule has 6 heteroatoms. The molecule has 0 spiro atoms. The van der Waals surface area contributed by atoms with Gasteiger partial charge in [0.15, 0.2) is 0 Å². The molecule has 2 N–H and O–H groups in total. The Balaban J connectivity index is 1.71. The first-order chi connectivity index (χ1) is 11.6. The molecule has 0 aliphatic rings. The van der Waals surface area contributed by atoms with Gasteiger partial charge in [-0.25, -0.2) is 4.98 Å². The number of aromatic nitrogens is 3. The highest BCUT2D eigenvalue weighted by atomic mass is 16.1. The molecule has 3 aromatic rings. The van der Waals surface area contributed by atoms with Gasteiger partial charge in [0.05, 0.1) is 6.04 Å². The topological polar surface area (TPSA) is 71.8 Å². The number of hydrogen-bond donors (Lipinski definition) is 2. The third kappa shape index (κ3) is 3.60. The van der Waals surface area contributed by atoms with Gasteiger partial charge < -0.3 is 15.2 Å². The van der Waals surface area contributed by atoms with Crippen molar-refractivity contribution >= 4 is 17.3 Å². The van der Waals surface area contributed by atoms with Gasteiger partial charge in [0.25, 0.3) is 5.91 Å². The van der Waals surface area contributed by atoms with Crippen LogP contribution in [0.5, 0.6) is 0 Å². The van der Waals surface area contributed by atoms with Crippen molar-refractivity contribution in [3.8, 4) is 0 Å². The molecule has 0 bridgehead atoms. The average molecular weight is 321 g/mol. The molecule has 1 amide bonds. The zero-order valence-corrected chi connectivity index (χ0v) is 13.6. The van der Waals surface area contributed by atoms with Gasteiger partial charge in [-0.05, 0) is 37.3 Å². The van der Waals surface area contributed by atoms with Crippen molar-refractivity contribution in [1.82, 2.24) is 19.9 Å². The predicted octanol–water partition coefficient (Wildman–Crippen LogP) is 3.05. The van der Waals surface area contributed by atoms with Crippen molar-refractivity contribution in [3.05, 3.63) is 72.6 Å². The highest BCUT2D eigenvalue weighted by Crippen LogP contribution is 2.18. The molecule has 0 radical (unpaired) electrons. The van der Waals surface area contributed by atoms with Crippen molar-refractivity contribution in [2.24, 2.45) is 7.05 Å². The molecule has 1 atom stereocenters. The minimum Gasteiger partial charge on any atom is -0.355 e. The van der Waals surface area contributed by atoms with E-state index in [1.165, 1.54) is 0 Å². The summed E-state index contributed by atoms with van der Waals surface area (Å²) >= 11 is 0. The fourth-order valence-corrected chi connectivity index (χ4v) is 2.48. The lowest BCUT2D eigenvalue weighted by atomic mass is 10.1. The van der Waals surface area contributed by atoms with E-state index in [4.69, 9.17) is 0 Å². The lowest BCUT2D eigenvalue weighted by Crippen LogP contribution is -2.28. The van der Waals surface area contributed by atoms with Crippen LogP contribution < -0.4 is 10.6 Å². The second-order valence-electron chi connectivity index (χ2n) is 5.53. The van der Waals surface area contributed by atoms with Crippen molar-refractivity contribution in [2.45, 2.75) is 13.0 Å². The second-order valence-corrected chi connectivity index (χ2v) is 5.53. The highest BCUT2D eigenvalue weighted by molar-refractivity contribution is 5.95. The van der Waals surface area contributed by atoms with Gasteiger partial charge in [-0.15, -0.1) is 0 Å². The van der Waals surface area contributed by atoms with E-state index in [0.717, 1.165) is 17.2 Å². The summed E-state index contributed by atoms with van der Waals surface area (Å²) in [5, 5.41) is 6.22.